The Balaban J connectivity index is 2.43. The second-order valence-corrected chi connectivity index (χ2v) is 4.89. The summed E-state index contributed by atoms with van der Waals surface area (Å²) < 4.78 is 5.16. The molecule has 96 valence electrons. The summed E-state index contributed by atoms with van der Waals surface area (Å²) in [7, 11) is 3.83. The van der Waals surface area contributed by atoms with E-state index >= 15 is 0 Å². The molecule has 18 heavy (non-hydrogen) atoms. The molecule has 2 rings (SSSR count). The molecular weight excluding hydrogens is 275 g/mol. The van der Waals surface area contributed by atoms with Crippen LogP contribution in [-0.4, -0.2) is 29.1 Å². The molecule has 0 atom stereocenters. The highest BCUT2D eigenvalue weighted by Gasteiger charge is 2.17. The van der Waals surface area contributed by atoms with E-state index in [-0.39, 0.29) is 5.89 Å². The molecule has 0 unspecified atom stereocenters. The van der Waals surface area contributed by atoms with Crippen molar-refractivity contribution in [1.29, 1.82) is 0 Å². The molecule has 0 saturated carbocycles. The first-order chi connectivity index (χ1) is 8.49. The minimum Gasteiger partial charge on any atom is -0.397 e. The Morgan fingerprint density at radius 3 is 2.61 bits per heavy atom. The highest BCUT2D eigenvalue weighted by molar-refractivity contribution is 6.37. The molecule has 0 aliphatic heterocycles. The second kappa shape index (κ2) is 5.14. The van der Waals surface area contributed by atoms with Crippen LogP contribution in [0.1, 0.15) is 5.82 Å². The fourth-order valence-electron chi connectivity index (χ4n) is 1.49. The van der Waals surface area contributed by atoms with Gasteiger partial charge in [-0.3, -0.25) is 0 Å². The summed E-state index contributed by atoms with van der Waals surface area (Å²) in [5.41, 5.74) is 6.68. The molecule has 0 aliphatic rings. The number of hydrogen-bond acceptors (Lipinski definition) is 5. The third-order valence-corrected chi connectivity index (χ3v) is 2.93. The molecule has 7 heteroatoms. The van der Waals surface area contributed by atoms with E-state index in [0.29, 0.717) is 33.7 Å². The average molecular weight is 287 g/mol. The Morgan fingerprint density at radius 2 is 1.94 bits per heavy atom. The van der Waals surface area contributed by atoms with Crippen LogP contribution in [0.15, 0.2) is 16.7 Å². The molecule has 0 radical (unpaired) electrons. The van der Waals surface area contributed by atoms with Crippen LogP contribution >= 0.6 is 23.2 Å². The van der Waals surface area contributed by atoms with Crippen molar-refractivity contribution in [3.63, 3.8) is 0 Å². The maximum Gasteiger partial charge on any atom is 0.261 e. The first kappa shape index (κ1) is 13.1. The van der Waals surface area contributed by atoms with Crippen molar-refractivity contribution in [2.45, 2.75) is 6.54 Å². The van der Waals surface area contributed by atoms with Gasteiger partial charge in [-0.25, -0.2) is 0 Å². The van der Waals surface area contributed by atoms with E-state index in [4.69, 9.17) is 33.5 Å². The molecule has 5 nitrogen and oxygen atoms in total. The maximum atomic E-state index is 6.07. The zero-order valence-electron chi connectivity index (χ0n) is 9.94. The molecule has 1 heterocycles. The lowest BCUT2D eigenvalue weighted by Gasteiger charge is -2.05. The fourth-order valence-corrected chi connectivity index (χ4v) is 1.89. The Kier molecular flexibility index (Phi) is 3.75. The van der Waals surface area contributed by atoms with E-state index in [0.717, 1.165) is 0 Å². The average Bonchev–Trinajstić information content (AvgIpc) is 2.71. The van der Waals surface area contributed by atoms with Gasteiger partial charge in [0.25, 0.3) is 5.89 Å². The van der Waals surface area contributed by atoms with Gasteiger partial charge in [0.05, 0.1) is 27.8 Å². The highest BCUT2D eigenvalue weighted by atomic mass is 35.5. The van der Waals surface area contributed by atoms with Crippen molar-refractivity contribution < 1.29 is 4.52 Å². The monoisotopic (exact) mass is 286 g/mol. The molecule has 0 saturated heterocycles. The van der Waals surface area contributed by atoms with Crippen LogP contribution < -0.4 is 5.73 Å². The van der Waals surface area contributed by atoms with Crippen molar-refractivity contribution in [3.05, 3.63) is 28.0 Å². The van der Waals surface area contributed by atoms with Crippen molar-refractivity contribution >= 4 is 28.9 Å². The van der Waals surface area contributed by atoms with Crippen LogP contribution in [0.25, 0.3) is 11.5 Å². The zero-order chi connectivity index (χ0) is 13.3. The predicted molar refractivity (Wildman–Crippen MR) is 71.6 cm³/mol. The minimum atomic E-state index is 0.275. The van der Waals surface area contributed by atoms with Gasteiger partial charge in [-0.1, -0.05) is 28.4 Å². The van der Waals surface area contributed by atoms with Crippen molar-refractivity contribution in [2.24, 2.45) is 0 Å². The lowest BCUT2D eigenvalue weighted by Crippen LogP contribution is -2.11. The Labute approximate surface area is 114 Å². The zero-order valence-corrected chi connectivity index (χ0v) is 11.5. The summed E-state index contributed by atoms with van der Waals surface area (Å²) in [5.74, 6) is 0.835. The van der Waals surface area contributed by atoms with Crippen molar-refractivity contribution in [3.8, 4) is 11.5 Å². The van der Waals surface area contributed by atoms with Gasteiger partial charge in [0.15, 0.2) is 5.82 Å². The fraction of sp³-hybridized carbons (Fsp3) is 0.273. The van der Waals surface area contributed by atoms with Crippen LogP contribution in [0.4, 0.5) is 5.69 Å². The predicted octanol–water partition coefficient (Wildman–Crippen LogP) is 2.69. The summed E-state index contributed by atoms with van der Waals surface area (Å²) in [6.07, 6.45) is 0. The number of nitrogens with zero attached hydrogens (tertiary/aromatic N) is 3. The molecule has 0 amide bonds. The van der Waals surface area contributed by atoms with Crippen LogP contribution in [0.2, 0.25) is 10.0 Å². The molecule has 0 bridgehead atoms. The van der Waals surface area contributed by atoms with E-state index in [1.807, 2.05) is 19.0 Å². The maximum absolute atomic E-state index is 6.07. The minimum absolute atomic E-state index is 0.275. The third kappa shape index (κ3) is 2.58. The van der Waals surface area contributed by atoms with Crippen molar-refractivity contribution in [2.75, 3.05) is 19.8 Å². The summed E-state index contributed by atoms with van der Waals surface area (Å²) in [5, 5.41) is 4.69. The van der Waals surface area contributed by atoms with E-state index < -0.39 is 0 Å². The first-order valence-electron chi connectivity index (χ1n) is 5.20. The van der Waals surface area contributed by atoms with Gasteiger partial charge in [-0.05, 0) is 26.2 Å². The number of benzene rings is 1. The number of halogens is 2. The summed E-state index contributed by atoms with van der Waals surface area (Å²) >= 11 is 12.0. The van der Waals surface area contributed by atoms with Crippen LogP contribution in [0.5, 0.6) is 0 Å². The molecular formula is C11H12Cl2N4O. The second-order valence-electron chi connectivity index (χ2n) is 4.07. The summed E-state index contributed by atoms with van der Waals surface area (Å²) in [6, 6.07) is 3.27. The van der Waals surface area contributed by atoms with Gasteiger partial charge >= 0.3 is 0 Å². The van der Waals surface area contributed by atoms with Gasteiger partial charge in [-0.15, -0.1) is 0 Å². The SMILES string of the molecule is CN(C)Cc1noc(-c2c(Cl)ccc(Cl)c2N)n1. The normalized spacial score (nSPS) is 11.2. The van der Waals surface area contributed by atoms with Crippen molar-refractivity contribution in [1.82, 2.24) is 15.0 Å². The summed E-state index contributed by atoms with van der Waals surface area (Å²) in [6.45, 7) is 0.571. The number of nitrogen functional groups attached to an aromatic ring is 1. The smallest absolute Gasteiger partial charge is 0.261 e. The quantitative estimate of drug-likeness (QED) is 0.879. The third-order valence-electron chi connectivity index (χ3n) is 2.28. The Morgan fingerprint density at radius 1 is 1.28 bits per heavy atom. The molecule has 2 aromatic rings. The molecule has 0 aliphatic carbocycles. The lowest BCUT2D eigenvalue weighted by molar-refractivity contribution is 0.365. The van der Waals surface area contributed by atoms with Gasteiger partial charge in [0.2, 0.25) is 0 Å². The first-order valence-corrected chi connectivity index (χ1v) is 5.95. The van der Waals surface area contributed by atoms with Gasteiger partial charge in [0, 0.05) is 0 Å². The van der Waals surface area contributed by atoms with E-state index in [9.17, 15) is 0 Å². The molecule has 2 N–H and O–H groups in total. The highest BCUT2D eigenvalue weighted by Crippen LogP contribution is 2.36. The largest absolute Gasteiger partial charge is 0.397 e. The number of hydrogen-bond donors (Lipinski definition) is 1. The molecule has 1 aromatic carbocycles. The number of aromatic nitrogens is 2. The van der Waals surface area contributed by atoms with Crippen LogP contribution in [-0.2, 0) is 6.54 Å². The molecule has 0 fully saturated rings. The molecule has 1 aromatic heterocycles. The standard InChI is InChI=1S/C11H12Cl2N4O/c1-17(2)5-8-15-11(18-16-8)9-6(12)3-4-7(13)10(9)14/h3-4H,5,14H2,1-2H3. The van der Waals surface area contributed by atoms with Gasteiger partial charge in [0.1, 0.15) is 0 Å². The van der Waals surface area contributed by atoms with Crippen LogP contribution in [0.3, 0.4) is 0 Å². The topological polar surface area (TPSA) is 68.2 Å². The Hall–Kier alpha value is -1.30. The lowest BCUT2D eigenvalue weighted by atomic mass is 10.2. The number of rotatable bonds is 3. The number of nitrogens with two attached hydrogens (primary N) is 1. The van der Waals surface area contributed by atoms with E-state index in [2.05, 4.69) is 10.1 Å². The summed E-state index contributed by atoms with van der Waals surface area (Å²) in [4.78, 5) is 6.17. The number of anilines is 1. The van der Waals surface area contributed by atoms with Crippen LogP contribution in [0, 0.1) is 0 Å². The van der Waals surface area contributed by atoms with Gasteiger partial charge in [-0.2, -0.15) is 4.98 Å². The van der Waals surface area contributed by atoms with Gasteiger partial charge < -0.3 is 15.2 Å². The molecule has 0 spiro atoms. The Bertz CT molecular complexity index is 568. The van der Waals surface area contributed by atoms with E-state index in [1.54, 1.807) is 12.1 Å². The van der Waals surface area contributed by atoms with E-state index in [1.165, 1.54) is 0 Å².